The van der Waals surface area contributed by atoms with Crippen molar-refractivity contribution in [2.24, 2.45) is 0 Å². The summed E-state index contributed by atoms with van der Waals surface area (Å²) in [5, 5.41) is 8.99. The van der Waals surface area contributed by atoms with Gasteiger partial charge in [-0.25, -0.2) is 17.9 Å². The van der Waals surface area contributed by atoms with Gasteiger partial charge >= 0.3 is 5.97 Å². The summed E-state index contributed by atoms with van der Waals surface area (Å²) in [6.45, 7) is 7.19. The van der Waals surface area contributed by atoms with Crippen LogP contribution in [0.25, 0.3) is 0 Å². The molecule has 0 aliphatic carbocycles. The fraction of sp³-hybridized carbons (Fsp3) is 0.583. The van der Waals surface area contributed by atoms with E-state index in [4.69, 9.17) is 9.84 Å². The third-order valence-corrected chi connectivity index (χ3v) is 4.56. The molecule has 0 aliphatic rings. The van der Waals surface area contributed by atoms with Crippen LogP contribution in [0.5, 0.6) is 0 Å². The second kappa shape index (κ2) is 6.38. The standard InChI is InChI=1S/C12H20N2O5S/c1-5-19-7(2)6-13-20(17,18)11-8(3)10(12(15)16)14-9(11)4/h7,13-14H,5-6H2,1-4H3,(H,15,16). The minimum absolute atomic E-state index is 0.0152. The predicted octanol–water partition coefficient (Wildman–Crippen LogP) is 1.03. The first-order chi connectivity index (χ1) is 9.20. The molecule has 1 heterocycles. The fourth-order valence-electron chi connectivity index (χ4n) is 1.99. The number of aromatic nitrogens is 1. The van der Waals surface area contributed by atoms with E-state index in [-0.39, 0.29) is 28.8 Å². The predicted molar refractivity (Wildman–Crippen MR) is 73.5 cm³/mol. The van der Waals surface area contributed by atoms with Crippen LogP contribution < -0.4 is 4.72 Å². The van der Waals surface area contributed by atoms with E-state index in [9.17, 15) is 13.2 Å². The minimum atomic E-state index is -3.77. The largest absolute Gasteiger partial charge is 0.477 e. The van der Waals surface area contributed by atoms with Crippen LogP contribution in [0.3, 0.4) is 0 Å². The van der Waals surface area contributed by atoms with Crippen molar-refractivity contribution < 1.29 is 23.1 Å². The lowest BCUT2D eigenvalue weighted by Gasteiger charge is -2.13. The number of aromatic amines is 1. The van der Waals surface area contributed by atoms with Crippen LogP contribution >= 0.6 is 0 Å². The van der Waals surface area contributed by atoms with Crippen LogP contribution in [0, 0.1) is 13.8 Å². The maximum absolute atomic E-state index is 12.2. The van der Waals surface area contributed by atoms with E-state index >= 15 is 0 Å². The van der Waals surface area contributed by atoms with Crippen molar-refractivity contribution in [1.29, 1.82) is 0 Å². The highest BCUT2D eigenvalue weighted by Crippen LogP contribution is 2.22. The van der Waals surface area contributed by atoms with Gasteiger partial charge < -0.3 is 14.8 Å². The number of carboxylic acids is 1. The number of H-pyrrole nitrogens is 1. The van der Waals surface area contributed by atoms with Crippen molar-refractivity contribution in [3.05, 3.63) is 17.0 Å². The Morgan fingerprint density at radius 2 is 2.05 bits per heavy atom. The quantitative estimate of drug-likeness (QED) is 0.697. The first-order valence-electron chi connectivity index (χ1n) is 6.24. The van der Waals surface area contributed by atoms with Crippen LogP contribution in [0.2, 0.25) is 0 Å². The molecule has 8 heteroatoms. The summed E-state index contributed by atoms with van der Waals surface area (Å²) in [4.78, 5) is 13.6. The maximum Gasteiger partial charge on any atom is 0.352 e. The van der Waals surface area contributed by atoms with Crippen LogP contribution in [-0.4, -0.2) is 43.7 Å². The Hall–Kier alpha value is -1.38. The lowest BCUT2D eigenvalue weighted by Crippen LogP contribution is -2.32. The molecule has 0 spiro atoms. The third kappa shape index (κ3) is 3.59. The summed E-state index contributed by atoms with van der Waals surface area (Å²) in [6.07, 6.45) is -0.256. The average Bonchev–Trinajstić information content (AvgIpc) is 2.63. The number of aromatic carboxylic acids is 1. The zero-order valence-corrected chi connectivity index (χ0v) is 12.8. The number of nitrogens with one attached hydrogen (secondary N) is 2. The second-order valence-corrected chi connectivity index (χ2v) is 6.21. The van der Waals surface area contributed by atoms with Crippen LogP contribution in [-0.2, 0) is 14.8 Å². The summed E-state index contributed by atoms with van der Waals surface area (Å²) >= 11 is 0. The lowest BCUT2D eigenvalue weighted by atomic mass is 10.2. The molecule has 0 fully saturated rings. The minimum Gasteiger partial charge on any atom is -0.477 e. The molecule has 1 aromatic heterocycles. The summed E-state index contributed by atoms with van der Waals surface area (Å²) < 4.78 is 32.2. The number of carbonyl (C=O) groups is 1. The van der Waals surface area contributed by atoms with Gasteiger partial charge in [-0.15, -0.1) is 0 Å². The molecule has 114 valence electrons. The number of hydrogen-bond donors (Lipinski definition) is 3. The monoisotopic (exact) mass is 304 g/mol. The Bertz CT molecular complexity index is 591. The van der Waals surface area contributed by atoms with E-state index in [1.54, 1.807) is 6.92 Å². The Labute approximate surface area is 118 Å². The van der Waals surface area contributed by atoms with Gasteiger partial charge in [0.15, 0.2) is 0 Å². The first kappa shape index (κ1) is 16.7. The summed E-state index contributed by atoms with van der Waals surface area (Å²) in [6, 6.07) is 0. The molecule has 0 aromatic carbocycles. The average molecular weight is 304 g/mol. The zero-order valence-electron chi connectivity index (χ0n) is 12.0. The molecule has 1 atom stereocenters. The van der Waals surface area contributed by atoms with E-state index in [0.29, 0.717) is 12.3 Å². The van der Waals surface area contributed by atoms with Gasteiger partial charge in [0, 0.05) is 24.4 Å². The molecule has 1 unspecified atom stereocenters. The molecule has 0 amide bonds. The molecule has 0 radical (unpaired) electrons. The van der Waals surface area contributed by atoms with E-state index < -0.39 is 16.0 Å². The molecule has 1 aromatic rings. The maximum atomic E-state index is 12.2. The molecule has 0 saturated heterocycles. The van der Waals surface area contributed by atoms with Crippen molar-refractivity contribution in [3.8, 4) is 0 Å². The van der Waals surface area contributed by atoms with Gasteiger partial charge in [-0.2, -0.15) is 0 Å². The van der Waals surface area contributed by atoms with Gasteiger partial charge in [0.1, 0.15) is 10.6 Å². The van der Waals surface area contributed by atoms with Gasteiger partial charge in [-0.05, 0) is 27.7 Å². The number of hydrogen-bond acceptors (Lipinski definition) is 4. The van der Waals surface area contributed by atoms with Crippen LogP contribution in [0.15, 0.2) is 4.90 Å². The Morgan fingerprint density at radius 3 is 2.50 bits per heavy atom. The summed E-state index contributed by atoms with van der Waals surface area (Å²) in [5.74, 6) is -1.19. The molecular weight excluding hydrogens is 284 g/mol. The van der Waals surface area contributed by atoms with Crippen molar-refractivity contribution in [2.75, 3.05) is 13.2 Å². The Kier molecular flexibility index (Phi) is 5.32. The van der Waals surface area contributed by atoms with E-state index in [0.717, 1.165) is 0 Å². The molecule has 0 bridgehead atoms. The number of aryl methyl sites for hydroxylation is 1. The molecule has 3 N–H and O–H groups in total. The van der Waals surface area contributed by atoms with E-state index in [2.05, 4.69) is 9.71 Å². The lowest BCUT2D eigenvalue weighted by molar-refractivity contribution is 0.0690. The molecule has 0 saturated carbocycles. The van der Waals surface area contributed by atoms with Crippen LogP contribution in [0.1, 0.15) is 35.6 Å². The first-order valence-corrected chi connectivity index (χ1v) is 7.72. The fourth-order valence-corrected chi connectivity index (χ4v) is 3.55. The Balaban J connectivity index is 3.02. The number of rotatable bonds is 7. The molecular formula is C12H20N2O5S. The van der Waals surface area contributed by atoms with Crippen molar-refractivity contribution >= 4 is 16.0 Å². The second-order valence-electron chi connectivity index (χ2n) is 4.50. The molecule has 1 rings (SSSR count). The van der Waals surface area contributed by atoms with Gasteiger partial charge in [0.05, 0.1) is 6.10 Å². The highest BCUT2D eigenvalue weighted by molar-refractivity contribution is 7.89. The summed E-state index contributed by atoms with van der Waals surface area (Å²) in [5.41, 5.74) is 0.392. The third-order valence-electron chi connectivity index (χ3n) is 2.86. The van der Waals surface area contributed by atoms with Crippen molar-refractivity contribution in [1.82, 2.24) is 9.71 Å². The summed E-state index contributed by atoms with van der Waals surface area (Å²) in [7, 11) is -3.77. The zero-order chi connectivity index (χ0) is 15.5. The van der Waals surface area contributed by atoms with E-state index in [1.807, 2.05) is 6.92 Å². The Morgan fingerprint density at radius 1 is 1.45 bits per heavy atom. The number of ether oxygens (including phenoxy) is 1. The van der Waals surface area contributed by atoms with Crippen molar-refractivity contribution in [2.45, 2.75) is 38.7 Å². The highest BCUT2D eigenvalue weighted by atomic mass is 32.2. The smallest absolute Gasteiger partial charge is 0.352 e. The van der Waals surface area contributed by atoms with Crippen molar-refractivity contribution in [3.63, 3.8) is 0 Å². The SMILES string of the molecule is CCOC(C)CNS(=O)(=O)c1c(C)[nH]c(C(=O)O)c1C. The van der Waals surface area contributed by atoms with Gasteiger partial charge in [0.2, 0.25) is 10.0 Å². The molecule has 7 nitrogen and oxygen atoms in total. The van der Waals surface area contributed by atoms with E-state index in [1.165, 1.54) is 13.8 Å². The number of sulfonamides is 1. The normalized spacial score (nSPS) is 13.4. The number of carboxylic acid groups (broad SMARTS) is 1. The van der Waals surface area contributed by atoms with Gasteiger partial charge in [-0.1, -0.05) is 0 Å². The van der Waals surface area contributed by atoms with Crippen LogP contribution in [0.4, 0.5) is 0 Å². The van der Waals surface area contributed by atoms with Gasteiger partial charge in [-0.3, -0.25) is 0 Å². The topological polar surface area (TPSA) is 108 Å². The molecule has 20 heavy (non-hydrogen) atoms. The molecule has 0 aliphatic heterocycles. The highest BCUT2D eigenvalue weighted by Gasteiger charge is 2.26. The van der Waals surface area contributed by atoms with Gasteiger partial charge in [0.25, 0.3) is 0 Å².